The number of anilines is 2. The number of hydrogen-bond donors (Lipinski definition) is 1. The van der Waals surface area contributed by atoms with Crippen molar-refractivity contribution in [3.63, 3.8) is 0 Å². The lowest BCUT2D eigenvalue weighted by Crippen LogP contribution is -2.18. The average molecular weight is 414 g/mol. The van der Waals surface area contributed by atoms with Crippen molar-refractivity contribution >= 4 is 11.6 Å². The quantitative estimate of drug-likeness (QED) is 0.462. The van der Waals surface area contributed by atoms with Crippen LogP contribution >= 0.6 is 0 Å². The van der Waals surface area contributed by atoms with Crippen LogP contribution in [0.3, 0.4) is 0 Å². The van der Waals surface area contributed by atoms with E-state index in [1.54, 1.807) is 6.07 Å². The van der Waals surface area contributed by atoms with Gasteiger partial charge < -0.3 is 5.32 Å². The molecule has 4 aromatic rings. The maximum atomic E-state index is 13.6. The summed E-state index contributed by atoms with van der Waals surface area (Å²) in [4.78, 5) is 9.06. The molecule has 0 unspecified atom stereocenters. The Hall–Kier alpha value is -3.54. The zero-order valence-electron chi connectivity index (χ0n) is 17.6. The van der Waals surface area contributed by atoms with E-state index >= 15 is 0 Å². The zero-order valence-corrected chi connectivity index (χ0v) is 17.6. The Kier molecular flexibility index (Phi) is 4.98. The van der Waals surface area contributed by atoms with Crippen molar-refractivity contribution in [3.8, 4) is 11.1 Å². The molecule has 2 aromatic carbocycles. The number of aryl methyl sites for hydroxylation is 3. The maximum Gasteiger partial charge on any atom is 0.246 e. The average Bonchev–Trinajstić information content (AvgIpc) is 3.17. The summed E-state index contributed by atoms with van der Waals surface area (Å²) in [6, 6.07) is 17.3. The molecule has 0 saturated heterocycles. The molecule has 2 aromatic heterocycles. The van der Waals surface area contributed by atoms with Gasteiger partial charge in [-0.05, 0) is 85.3 Å². The van der Waals surface area contributed by atoms with Gasteiger partial charge in [0.05, 0.1) is 0 Å². The van der Waals surface area contributed by atoms with Crippen LogP contribution in [0.5, 0.6) is 0 Å². The van der Waals surface area contributed by atoms with Gasteiger partial charge in [-0.1, -0.05) is 18.2 Å². The molecule has 5 nitrogen and oxygen atoms in total. The Bertz CT molecular complexity index is 1230. The van der Waals surface area contributed by atoms with Crippen LogP contribution < -0.4 is 5.32 Å². The Morgan fingerprint density at radius 3 is 2.61 bits per heavy atom. The Morgan fingerprint density at radius 1 is 1.00 bits per heavy atom. The molecule has 156 valence electrons. The van der Waals surface area contributed by atoms with E-state index in [4.69, 9.17) is 4.98 Å². The lowest BCUT2D eigenvalue weighted by molar-refractivity contribution is 0.445. The van der Waals surface area contributed by atoms with Gasteiger partial charge in [-0.3, -0.25) is 4.98 Å². The molecule has 1 aliphatic heterocycles. The van der Waals surface area contributed by atoms with Crippen LogP contribution in [-0.2, 0) is 6.54 Å². The molecule has 0 amide bonds. The van der Waals surface area contributed by atoms with Crippen molar-refractivity contribution in [3.05, 3.63) is 89.3 Å². The number of halogens is 1. The summed E-state index contributed by atoms with van der Waals surface area (Å²) in [5.41, 5.74) is 6.30. The minimum absolute atomic E-state index is 0.134. The predicted molar refractivity (Wildman–Crippen MR) is 120 cm³/mol. The van der Waals surface area contributed by atoms with Crippen LogP contribution in [0.4, 0.5) is 16.0 Å². The van der Waals surface area contributed by atoms with Crippen molar-refractivity contribution < 1.29 is 4.39 Å². The number of benzene rings is 2. The summed E-state index contributed by atoms with van der Waals surface area (Å²) in [5, 5.41) is 8.00. The molecule has 5 rings (SSSR count). The number of pyridine rings is 1. The lowest BCUT2D eigenvalue weighted by Gasteiger charge is -2.23. The van der Waals surface area contributed by atoms with Crippen molar-refractivity contribution in [2.75, 3.05) is 5.32 Å². The summed E-state index contributed by atoms with van der Waals surface area (Å²) in [7, 11) is 0. The first-order chi connectivity index (χ1) is 15.1. The van der Waals surface area contributed by atoms with Crippen molar-refractivity contribution in [1.82, 2.24) is 19.7 Å². The standard InChI is InChI=1S/C25H24FN5/c1-16-14-20(26)7-10-22(16)23-4-3-13-31-24(23)29-25(30-31)28-21-8-5-18(6-9-21)19-11-12-27-17(2)15-19/h5-12,14-15,23H,3-4,13H2,1-2H3,(H,28,30)/t23-/m1/s1. The largest absolute Gasteiger partial charge is 0.323 e. The van der Waals surface area contributed by atoms with E-state index in [1.165, 1.54) is 6.07 Å². The van der Waals surface area contributed by atoms with Crippen LogP contribution in [0.1, 0.15) is 41.4 Å². The molecular weight excluding hydrogens is 389 g/mol. The van der Waals surface area contributed by atoms with Gasteiger partial charge in [-0.2, -0.15) is 4.98 Å². The number of aromatic nitrogens is 4. The van der Waals surface area contributed by atoms with Crippen LogP contribution in [-0.4, -0.2) is 19.7 Å². The Balaban J connectivity index is 1.38. The molecule has 1 atom stereocenters. The highest BCUT2D eigenvalue weighted by molar-refractivity contribution is 5.67. The summed E-state index contributed by atoms with van der Waals surface area (Å²) in [5.74, 6) is 1.46. The molecule has 0 aliphatic carbocycles. The highest BCUT2D eigenvalue weighted by Gasteiger charge is 2.27. The highest BCUT2D eigenvalue weighted by Crippen LogP contribution is 2.35. The number of hydrogen-bond acceptors (Lipinski definition) is 4. The summed E-state index contributed by atoms with van der Waals surface area (Å²) in [6.07, 6.45) is 3.84. The van der Waals surface area contributed by atoms with Crippen molar-refractivity contribution in [2.45, 2.75) is 39.2 Å². The number of fused-ring (bicyclic) bond motifs is 1. The molecule has 6 heteroatoms. The third-order valence-corrected chi connectivity index (χ3v) is 5.85. The first-order valence-corrected chi connectivity index (χ1v) is 10.6. The molecule has 0 spiro atoms. The lowest BCUT2D eigenvalue weighted by atomic mass is 9.88. The Morgan fingerprint density at radius 2 is 1.84 bits per heavy atom. The third kappa shape index (κ3) is 3.93. The van der Waals surface area contributed by atoms with Gasteiger partial charge in [-0.15, -0.1) is 5.10 Å². The molecule has 3 heterocycles. The van der Waals surface area contributed by atoms with Gasteiger partial charge >= 0.3 is 0 Å². The second-order valence-corrected chi connectivity index (χ2v) is 8.10. The van der Waals surface area contributed by atoms with Crippen LogP contribution in [0.2, 0.25) is 0 Å². The molecule has 0 radical (unpaired) electrons. The second-order valence-electron chi connectivity index (χ2n) is 8.10. The van der Waals surface area contributed by atoms with Gasteiger partial charge in [-0.25, -0.2) is 9.07 Å². The van der Waals surface area contributed by atoms with Gasteiger partial charge in [0.1, 0.15) is 11.6 Å². The van der Waals surface area contributed by atoms with Gasteiger partial charge in [0.25, 0.3) is 0 Å². The number of rotatable bonds is 4. The molecule has 1 N–H and O–H groups in total. The molecular formula is C25H24FN5. The highest BCUT2D eigenvalue weighted by atomic mass is 19.1. The van der Waals surface area contributed by atoms with Gasteiger partial charge in [0.2, 0.25) is 5.95 Å². The second kappa shape index (κ2) is 7.95. The first-order valence-electron chi connectivity index (χ1n) is 10.6. The van der Waals surface area contributed by atoms with Crippen molar-refractivity contribution in [1.29, 1.82) is 0 Å². The van der Waals surface area contributed by atoms with Gasteiger partial charge in [0.15, 0.2) is 0 Å². The molecule has 0 bridgehead atoms. The number of nitrogens with one attached hydrogen (secondary N) is 1. The summed E-state index contributed by atoms with van der Waals surface area (Å²) in [6.45, 7) is 4.80. The van der Waals surface area contributed by atoms with E-state index in [1.807, 2.05) is 49.0 Å². The first kappa shape index (κ1) is 19.4. The van der Waals surface area contributed by atoms with E-state index in [-0.39, 0.29) is 11.7 Å². The monoisotopic (exact) mass is 413 g/mol. The third-order valence-electron chi connectivity index (χ3n) is 5.85. The topological polar surface area (TPSA) is 55.6 Å². The fourth-order valence-corrected chi connectivity index (χ4v) is 4.33. The van der Waals surface area contributed by atoms with Crippen molar-refractivity contribution in [2.24, 2.45) is 0 Å². The zero-order chi connectivity index (χ0) is 21.4. The fourth-order valence-electron chi connectivity index (χ4n) is 4.33. The predicted octanol–water partition coefficient (Wildman–Crippen LogP) is 5.77. The minimum Gasteiger partial charge on any atom is -0.323 e. The van der Waals surface area contributed by atoms with E-state index in [0.717, 1.165) is 58.8 Å². The van der Waals surface area contributed by atoms with Crippen LogP contribution in [0, 0.1) is 19.7 Å². The van der Waals surface area contributed by atoms with Crippen LogP contribution in [0.25, 0.3) is 11.1 Å². The number of nitrogens with zero attached hydrogens (tertiary/aromatic N) is 4. The van der Waals surface area contributed by atoms with Gasteiger partial charge in [0, 0.05) is 30.0 Å². The SMILES string of the molecule is Cc1cc(-c2ccc(Nc3nc4n(n3)CCC[C@@H]4c3ccc(F)cc3C)cc2)ccn1. The minimum atomic E-state index is -0.203. The summed E-state index contributed by atoms with van der Waals surface area (Å²) < 4.78 is 15.5. The Labute approximate surface area is 181 Å². The summed E-state index contributed by atoms with van der Waals surface area (Å²) >= 11 is 0. The molecule has 0 fully saturated rings. The van der Waals surface area contributed by atoms with Crippen LogP contribution in [0.15, 0.2) is 60.8 Å². The fraction of sp³-hybridized carbons (Fsp3) is 0.240. The van der Waals surface area contributed by atoms with E-state index in [2.05, 4.69) is 33.6 Å². The molecule has 1 aliphatic rings. The smallest absolute Gasteiger partial charge is 0.246 e. The van der Waals surface area contributed by atoms with E-state index in [9.17, 15) is 4.39 Å². The molecule has 0 saturated carbocycles. The molecule has 31 heavy (non-hydrogen) atoms. The maximum absolute atomic E-state index is 13.6. The van der Waals surface area contributed by atoms with E-state index in [0.29, 0.717) is 5.95 Å². The normalized spacial score (nSPS) is 15.5. The van der Waals surface area contributed by atoms with E-state index < -0.39 is 0 Å².